The van der Waals surface area contributed by atoms with Gasteiger partial charge in [0.25, 0.3) is 0 Å². The van der Waals surface area contributed by atoms with E-state index in [-0.39, 0.29) is 6.10 Å². The molecule has 0 aromatic carbocycles. The Morgan fingerprint density at radius 2 is 2.00 bits per heavy atom. The average molecular weight is 200 g/mol. The quantitative estimate of drug-likeness (QED) is 0.375. The molecule has 0 spiro atoms. The van der Waals surface area contributed by atoms with E-state index in [0.717, 1.165) is 6.42 Å². The molecule has 0 amide bonds. The summed E-state index contributed by atoms with van der Waals surface area (Å²) < 4.78 is 5.42. The van der Waals surface area contributed by atoms with Crippen LogP contribution in [0.4, 0.5) is 0 Å². The third kappa shape index (κ3) is 2.69. The molecule has 2 aliphatic rings. The van der Waals surface area contributed by atoms with E-state index in [2.05, 4.69) is 6.92 Å². The van der Waals surface area contributed by atoms with Gasteiger partial charge in [-0.15, -0.1) is 0 Å². The largest absolute Gasteiger partial charge is 0.364 e. The van der Waals surface area contributed by atoms with Crippen molar-refractivity contribution in [3.05, 3.63) is 0 Å². The standard InChI is InChI=1S/C11H20O3/c1-2-3-4-5-6-7-9-11-10(13-11)8-12-14-9/h9-11H,2-8H2,1H3/t9-,10+,11-/m1/s1. The van der Waals surface area contributed by atoms with E-state index in [4.69, 9.17) is 14.5 Å². The van der Waals surface area contributed by atoms with Gasteiger partial charge in [0, 0.05) is 0 Å². The van der Waals surface area contributed by atoms with Gasteiger partial charge in [-0.2, -0.15) is 0 Å². The number of epoxide rings is 1. The number of fused-ring (bicyclic) bond motifs is 1. The minimum atomic E-state index is 0.204. The van der Waals surface area contributed by atoms with E-state index < -0.39 is 0 Å². The lowest BCUT2D eigenvalue weighted by molar-refractivity contribution is -0.337. The highest BCUT2D eigenvalue weighted by Gasteiger charge is 2.49. The maximum Gasteiger partial charge on any atom is 0.122 e. The van der Waals surface area contributed by atoms with Crippen LogP contribution in [-0.2, 0) is 14.5 Å². The van der Waals surface area contributed by atoms with Crippen molar-refractivity contribution in [2.45, 2.75) is 63.8 Å². The van der Waals surface area contributed by atoms with Crippen molar-refractivity contribution >= 4 is 0 Å². The van der Waals surface area contributed by atoms with Crippen molar-refractivity contribution in [1.29, 1.82) is 0 Å². The first-order chi connectivity index (χ1) is 6.92. The van der Waals surface area contributed by atoms with Crippen LogP contribution in [0.2, 0.25) is 0 Å². The number of rotatable bonds is 6. The molecular weight excluding hydrogens is 180 g/mol. The third-order valence-corrected chi connectivity index (χ3v) is 3.00. The maximum atomic E-state index is 5.42. The van der Waals surface area contributed by atoms with Crippen molar-refractivity contribution in [2.75, 3.05) is 6.61 Å². The van der Waals surface area contributed by atoms with E-state index in [1.54, 1.807) is 0 Å². The Bertz CT molecular complexity index is 172. The van der Waals surface area contributed by atoms with Crippen molar-refractivity contribution in [3.8, 4) is 0 Å². The Labute approximate surface area is 85.6 Å². The summed E-state index contributed by atoms with van der Waals surface area (Å²) in [5.41, 5.74) is 0. The lowest BCUT2D eigenvalue weighted by Gasteiger charge is -2.17. The van der Waals surface area contributed by atoms with Crippen LogP contribution < -0.4 is 0 Å². The number of unbranched alkanes of at least 4 members (excludes halogenated alkanes) is 4. The number of hydrogen-bond donors (Lipinski definition) is 0. The Morgan fingerprint density at radius 3 is 2.86 bits per heavy atom. The molecule has 2 fully saturated rings. The molecule has 3 heteroatoms. The molecular formula is C11H20O3. The second-order valence-corrected chi connectivity index (χ2v) is 4.26. The second-order valence-electron chi connectivity index (χ2n) is 4.26. The minimum Gasteiger partial charge on any atom is -0.364 e. The van der Waals surface area contributed by atoms with Gasteiger partial charge in [0.15, 0.2) is 0 Å². The highest BCUT2D eigenvalue weighted by Crippen LogP contribution is 2.34. The smallest absolute Gasteiger partial charge is 0.122 e. The molecule has 3 nitrogen and oxygen atoms in total. The predicted molar refractivity (Wildman–Crippen MR) is 52.9 cm³/mol. The normalized spacial score (nSPS) is 35.4. The van der Waals surface area contributed by atoms with E-state index in [0.29, 0.717) is 18.8 Å². The Morgan fingerprint density at radius 1 is 1.14 bits per heavy atom. The molecule has 0 unspecified atom stereocenters. The monoisotopic (exact) mass is 200 g/mol. The zero-order valence-corrected chi connectivity index (χ0v) is 8.91. The van der Waals surface area contributed by atoms with Crippen LogP contribution in [0.3, 0.4) is 0 Å². The predicted octanol–water partition coefficient (Wildman–Crippen LogP) is 2.44. The maximum absolute atomic E-state index is 5.42. The molecule has 2 saturated heterocycles. The third-order valence-electron chi connectivity index (χ3n) is 3.00. The van der Waals surface area contributed by atoms with Gasteiger partial charge in [0.2, 0.25) is 0 Å². The highest BCUT2D eigenvalue weighted by atomic mass is 17.2. The Kier molecular flexibility index (Phi) is 3.79. The first kappa shape index (κ1) is 10.4. The molecule has 2 rings (SSSR count). The molecule has 0 aromatic rings. The van der Waals surface area contributed by atoms with Gasteiger partial charge in [0.05, 0.1) is 0 Å². The summed E-state index contributed by atoms with van der Waals surface area (Å²) >= 11 is 0. The van der Waals surface area contributed by atoms with Gasteiger partial charge in [-0.25, -0.2) is 9.78 Å². The van der Waals surface area contributed by atoms with E-state index in [9.17, 15) is 0 Å². The van der Waals surface area contributed by atoms with Crippen molar-refractivity contribution in [1.82, 2.24) is 0 Å². The van der Waals surface area contributed by atoms with Crippen LogP contribution >= 0.6 is 0 Å². The lowest BCUT2D eigenvalue weighted by atomic mass is 10.0. The van der Waals surface area contributed by atoms with E-state index >= 15 is 0 Å². The SMILES string of the molecule is CCCCCCC[C@H]1OOC[C@@H]2O[C@@H]21. The molecule has 14 heavy (non-hydrogen) atoms. The molecule has 0 aromatic heterocycles. The molecule has 0 bridgehead atoms. The summed E-state index contributed by atoms with van der Waals surface area (Å²) in [6, 6.07) is 0. The van der Waals surface area contributed by atoms with E-state index in [1.807, 2.05) is 0 Å². The highest BCUT2D eigenvalue weighted by molar-refractivity contribution is 4.92. The van der Waals surface area contributed by atoms with Crippen LogP contribution in [0, 0.1) is 0 Å². The molecule has 0 aliphatic carbocycles. The van der Waals surface area contributed by atoms with Gasteiger partial charge >= 0.3 is 0 Å². The minimum absolute atomic E-state index is 0.204. The van der Waals surface area contributed by atoms with Gasteiger partial charge < -0.3 is 4.74 Å². The molecule has 2 aliphatic heterocycles. The first-order valence-corrected chi connectivity index (χ1v) is 5.85. The summed E-state index contributed by atoms with van der Waals surface area (Å²) in [6.45, 7) is 2.86. The summed E-state index contributed by atoms with van der Waals surface area (Å²) in [4.78, 5) is 10.2. The Hall–Kier alpha value is -0.120. The van der Waals surface area contributed by atoms with Crippen LogP contribution in [0.5, 0.6) is 0 Å². The molecule has 0 N–H and O–H groups in total. The fourth-order valence-electron chi connectivity index (χ4n) is 2.03. The lowest BCUT2D eigenvalue weighted by Crippen LogP contribution is -2.28. The van der Waals surface area contributed by atoms with Gasteiger partial charge in [-0.1, -0.05) is 39.0 Å². The second kappa shape index (κ2) is 5.10. The summed E-state index contributed by atoms with van der Waals surface area (Å²) in [7, 11) is 0. The van der Waals surface area contributed by atoms with Gasteiger partial charge in [-0.3, -0.25) is 0 Å². The van der Waals surface area contributed by atoms with Gasteiger partial charge in [-0.05, 0) is 6.42 Å². The van der Waals surface area contributed by atoms with Crippen LogP contribution in [0.1, 0.15) is 45.4 Å². The number of ether oxygens (including phenoxy) is 1. The zero-order chi connectivity index (χ0) is 9.80. The molecule has 82 valence electrons. The summed E-state index contributed by atoms with van der Waals surface area (Å²) in [6.07, 6.45) is 8.52. The molecule has 2 heterocycles. The fourth-order valence-corrected chi connectivity index (χ4v) is 2.03. The van der Waals surface area contributed by atoms with Gasteiger partial charge in [0.1, 0.15) is 24.9 Å². The summed E-state index contributed by atoms with van der Waals surface area (Å²) in [5, 5.41) is 0. The van der Waals surface area contributed by atoms with E-state index in [1.165, 1.54) is 32.1 Å². The molecule has 3 atom stereocenters. The van der Waals surface area contributed by atoms with Crippen molar-refractivity contribution in [3.63, 3.8) is 0 Å². The van der Waals surface area contributed by atoms with Crippen molar-refractivity contribution < 1.29 is 14.5 Å². The fraction of sp³-hybridized carbons (Fsp3) is 1.00. The Balaban J connectivity index is 1.52. The van der Waals surface area contributed by atoms with Crippen molar-refractivity contribution in [2.24, 2.45) is 0 Å². The zero-order valence-electron chi connectivity index (χ0n) is 8.91. The number of hydrogen-bond acceptors (Lipinski definition) is 3. The van der Waals surface area contributed by atoms with Crippen LogP contribution in [0.15, 0.2) is 0 Å². The molecule has 0 radical (unpaired) electrons. The first-order valence-electron chi connectivity index (χ1n) is 5.85. The summed E-state index contributed by atoms with van der Waals surface area (Å²) in [5.74, 6) is 0. The van der Waals surface area contributed by atoms with Crippen LogP contribution in [0.25, 0.3) is 0 Å². The molecule has 0 saturated carbocycles. The topological polar surface area (TPSA) is 31.0 Å². The van der Waals surface area contributed by atoms with Crippen LogP contribution in [-0.4, -0.2) is 24.9 Å². The average Bonchev–Trinajstić information content (AvgIpc) is 2.97.